The number of carbonyl (C=O) groups is 1. The van der Waals surface area contributed by atoms with E-state index in [1.165, 1.54) is 28.7 Å². The maximum absolute atomic E-state index is 12.8. The van der Waals surface area contributed by atoms with E-state index in [9.17, 15) is 18.3 Å². The van der Waals surface area contributed by atoms with Crippen molar-refractivity contribution in [2.75, 3.05) is 0 Å². The van der Waals surface area contributed by atoms with Gasteiger partial charge in [-0.25, -0.2) is 8.42 Å². The van der Waals surface area contributed by atoms with Crippen LogP contribution in [0.15, 0.2) is 52.7 Å². The number of rotatable bonds is 6. The van der Waals surface area contributed by atoms with E-state index in [2.05, 4.69) is 4.72 Å². The molecule has 9 heteroatoms. The summed E-state index contributed by atoms with van der Waals surface area (Å²) >= 11 is 9.31. The van der Waals surface area contributed by atoms with E-state index in [0.717, 1.165) is 31.3 Å². The van der Waals surface area contributed by atoms with Gasteiger partial charge in [0, 0.05) is 31.3 Å². The standard InChI is InChI=1S/C21H18ClNO4S3/c1-11(2)18(21(24)25)23-30(26,27)12-6-7-13-14-4-3-5-15(16-8-9-28-20(16)22)19(14)29-17(13)10-12/h3-11,18,23H,1-2H3,(H,24,25)/t18-/m0/s1. The van der Waals surface area contributed by atoms with Crippen molar-refractivity contribution < 1.29 is 18.3 Å². The van der Waals surface area contributed by atoms with Crippen molar-refractivity contribution in [3.05, 3.63) is 52.2 Å². The molecule has 4 rings (SSSR count). The maximum atomic E-state index is 12.8. The van der Waals surface area contributed by atoms with Gasteiger partial charge in [-0.05, 0) is 29.5 Å². The number of carboxylic acid groups (broad SMARTS) is 1. The van der Waals surface area contributed by atoms with Crippen LogP contribution in [-0.2, 0) is 14.8 Å². The molecule has 0 radical (unpaired) electrons. The van der Waals surface area contributed by atoms with Crippen LogP contribution in [0.3, 0.4) is 0 Å². The molecule has 2 aromatic carbocycles. The molecule has 30 heavy (non-hydrogen) atoms. The van der Waals surface area contributed by atoms with E-state index in [1.807, 2.05) is 29.6 Å². The summed E-state index contributed by atoms with van der Waals surface area (Å²) in [6.07, 6.45) is 0. The molecule has 2 N–H and O–H groups in total. The molecule has 2 aromatic heterocycles. The molecule has 0 saturated carbocycles. The first-order valence-corrected chi connectivity index (χ1v) is 12.7. The fourth-order valence-electron chi connectivity index (χ4n) is 3.35. The molecule has 5 nitrogen and oxygen atoms in total. The van der Waals surface area contributed by atoms with Crippen molar-refractivity contribution in [3.63, 3.8) is 0 Å². The fraction of sp³-hybridized carbons (Fsp3) is 0.190. The monoisotopic (exact) mass is 479 g/mol. The molecular formula is C21H18ClNO4S3. The van der Waals surface area contributed by atoms with Crippen LogP contribution in [0.25, 0.3) is 31.3 Å². The summed E-state index contributed by atoms with van der Waals surface area (Å²) in [5.74, 6) is -1.59. The van der Waals surface area contributed by atoms with Gasteiger partial charge in [-0.2, -0.15) is 4.72 Å². The van der Waals surface area contributed by atoms with Gasteiger partial charge in [-0.3, -0.25) is 4.79 Å². The second-order valence-electron chi connectivity index (χ2n) is 7.23. The molecule has 0 amide bonds. The SMILES string of the molecule is CC(C)[C@H](NS(=O)(=O)c1ccc2c(c1)sc1c(-c3ccsc3Cl)cccc12)C(=O)O. The molecule has 0 fully saturated rings. The average Bonchev–Trinajstić information content (AvgIpc) is 3.28. The van der Waals surface area contributed by atoms with Crippen LogP contribution in [0.2, 0.25) is 4.34 Å². The minimum atomic E-state index is -3.98. The first-order valence-electron chi connectivity index (χ1n) is 9.13. The summed E-state index contributed by atoms with van der Waals surface area (Å²) in [7, 11) is -3.98. The number of hydrogen-bond acceptors (Lipinski definition) is 5. The van der Waals surface area contributed by atoms with E-state index >= 15 is 0 Å². The highest BCUT2D eigenvalue weighted by molar-refractivity contribution is 7.89. The van der Waals surface area contributed by atoms with Crippen LogP contribution in [0, 0.1) is 5.92 Å². The average molecular weight is 480 g/mol. The van der Waals surface area contributed by atoms with Gasteiger partial charge in [-0.15, -0.1) is 22.7 Å². The summed E-state index contributed by atoms with van der Waals surface area (Å²) in [6.45, 7) is 3.32. The molecule has 0 spiro atoms. The van der Waals surface area contributed by atoms with Crippen molar-refractivity contribution in [1.29, 1.82) is 0 Å². The third-order valence-electron chi connectivity index (χ3n) is 4.90. The topological polar surface area (TPSA) is 83.5 Å². The zero-order chi connectivity index (χ0) is 21.6. The summed E-state index contributed by atoms with van der Waals surface area (Å²) in [6, 6.07) is 11.6. The number of fused-ring (bicyclic) bond motifs is 3. The molecule has 0 aliphatic rings. The molecule has 2 heterocycles. The highest BCUT2D eigenvalue weighted by atomic mass is 35.5. The third kappa shape index (κ3) is 3.74. The number of carboxylic acids is 1. The van der Waals surface area contributed by atoms with Crippen molar-refractivity contribution in [3.8, 4) is 11.1 Å². The maximum Gasteiger partial charge on any atom is 0.322 e. The van der Waals surface area contributed by atoms with Crippen LogP contribution in [0.4, 0.5) is 0 Å². The normalized spacial score (nSPS) is 13.3. The number of benzene rings is 2. The minimum absolute atomic E-state index is 0.0450. The molecule has 0 unspecified atom stereocenters. The molecule has 0 bridgehead atoms. The highest BCUT2D eigenvalue weighted by Crippen LogP contribution is 2.43. The largest absolute Gasteiger partial charge is 0.480 e. The molecule has 0 saturated heterocycles. The van der Waals surface area contributed by atoms with Gasteiger partial charge in [0.25, 0.3) is 0 Å². The number of hydrogen-bond donors (Lipinski definition) is 2. The Balaban J connectivity index is 1.83. The lowest BCUT2D eigenvalue weighted by molar-refractivity contribution is -0.140. The van der Waals surface area contributed by atoms with Gasteiger partial charge in [0.1, 0.15) is 10.4 Å². The predicted octanol–water partition coefficient (Wildman–Crippen LogP) is 5.82. The Morgan fingerprint density at radius 3 is 2.50 bits per heavy atom. The van der Waals surface area contributed by atoms with Gasteiger partial charge >= 0.3 is 5.97 Å². The summed E-state index contributed by atoms with van der Waals surface area (Å²) < 4.78 is 30.5. The highest BCUT2D eigenvalue weighted by Gasteiger charge is 2.28. The van der Waals surface area contributed by atoms with Crippen LogP contribution < -0.4 is 4.72 Å². The molecular weight excluding hydrogens is 462 g/mol. The molecule has 0 aliphatic heterocycles. The van der Waals surface area contributed by atoms with E-state index in [1.54, 1.807) is 26.0 Å². The second-order valence-corrected chi connectivity index (χ2v) is 11.5. The third-order valence-corrected chi connectivity index (χ3v) is 8.71. The lowest BCUT2D eigenvalue weighted by Gasteiger charge is -2.18. The summed E-state index contributed by atoms with van der Waals surface area (Å²) in [5, 5.41) is 13.2. The number of aliphatic carboxylic acids is 1. The lowest BCUT2D eigenvalue weighted by Crippen LogP contribution is -2.44. The summed E-state index contributed by atoms with van der Waals surface area (Å²) in [4.78, 5) is 11.5. The van der Waals surface area contributed by atoms with E-state index in [4.69, 9.17) is 11.6 Å². The van der Waals surface area contributed by atoms with E-state index < -0.39 is 22.0 Å². The zero-order valence-electron chi connectivity index (χ0n) is 16.0. The molecule has 4 aromatic rings. The van der Waals surface area contributed by atoms with E-state index in [0.29, 0.717) is 4.34 Å². The zero-order valence-corrected chi connectivity index (χ0v) is 19.3. The molecule has 1 atom stereocenters. The second kappa shape index (κ2) is 7.94. The van der Waals surface area contributed by atoms with Crippen molar-refractivity contribution in [2.24, 2.45) is 5.92 Å². The Bertz CT molecular complexity index is 1370. The number of halogens is 1. The Morgan fingerprint density at radius 1 is 1.10 bits per heavy atom. The molecule has 0 aliphatic carbocycles. The minimum Gasteiger partial charge on any atom is -0.480 e. The Kier molecular flexibility index (Phi) is 5.63. The van der Waals surface area contributed by atoms with Gasteiger partial charge in [0.05, 0.1) is 4.90 Å². The van der Waals surface area contributed by atoms with Gasteiger partial charge < -0.3 is 5.11 Å². The smallest absolute Gasteiger partial charge is 0.322 e. The Labute approximate surface area is 187 Å². The van der Waals surface area contributed by atoms with Gasteiger partial charge in [-0.1, -0.05) is 49.7 Å². The summed E-state index contributed by atoms with van der Waals surface area (Å²) in [5.41, 5.74) is 1.96. The number of sulfonamides is 1. The Morgan fingerprint density at radius 2 is 1.87 bits per heavy atom. The first kappa shape index (κ1) is 21.3. The van der Waals surface area contributed by atoms with Gasteiger partial charge in [0.2, 0.25) is 10.0 Å². The quantitative estimate of drug-likeness (QED) is 0.364. The number of thiophene rings is 2. The van der Waals surface area contributed by atoms with Crippen molar-refractivity contribution in [2.45, 2.75) is 24.8 Å². The van der Waals surface area contributed by atoms with Crippen molar-refractivity contribution >= 4 is 70.4 Å². The van der Waals surface area contributed by atoms with E-state index in [-0.39, 0.29) is 10.8 Å². The Hall–Kier alpha value is -1.97. The fourth-order valence-corrected chi connectivity index (χ4v) is 7.01. The van der Waals surface area contributed by atoms with Crippen LogP contribution in [-0.4, -0.2) is 25.5 Å². The van der Waals surface area contributed by atoms with Crippen LogP contribution in [0.5, 0.6) is 0 Å². The van der Waals surface area contributed by atoms with Crippen molar-refractivity contribution in [1.82, 2.24) is 4.72 Å². The van der Waals surface area contributed by atoms with Gasteiger partial charge in [0.15, 0.2) is 0 Å². The molecule has 156 valence electrons. The number of nitrogens with one attached hydrogen (secondary N) is 1. The van der Waals surface area contributed by atoms with Crippen LogP contribution >= 0.6 is 34.3 Å². The lowest BCUT2D eigenvalue weighted by atomic mass is 10.1. The predicted molar refractivity (Wildman–Crippen MR) is 124 cm³/mol. The first-order chi connectivity index (χ1) is 14.2. The van der Waals surface area contributed by atoms with Crippen LogP contribution in [0.1, 0.15) is 13.8 Å².